The molecule has 3 heteroatoms. The Kier molecular flexibility index (Phi) is 4.70. The lowest BCUT2D eigenvalue weighted by atomic mass is 10.1. The molecule has 16 heavy (non-hydrogen) atoms. The first kappa shape index (κ1) is 12.4. The van der Waals surface area contributed by atoms with Crippen molar-refractivity contribution >= 4 is 0 Å². The highest BCUT2D eigenvalue weighted by Crippen LogP contribution is 2.09. The molecule has 0 aliphatic rings. The van der Waals surface area contributed by atoms with Gasteiger partial charge in [0.25, 0.3) is 0 Å². The molecule has 0 saturated heterocycles. The average Bonchev–Trinajstić information content (AvgIpc) is 2.79. The summed E-state index contributed by atoms with van der Waals surface area (Å²) in [4.78, 5) is 0. The number of aromatic nitrogens is 3. The van der Waals surface area contributed by atoms with E-state index in [1.165, 1.54) is 5.56 Å². The van der Waals surface area contributed by atoms with Gasteiger partial charge in [0.2, 0.25) is 0 Å². The maximum Gasteiger partial charge on any atom is 0.0800 e. The van der Waals surface area contributed by atoms with Crippen LogP contribution in [0.1, 0.15) is 32.0 Å². The molecule has 2 aromatic rings. The van der Waals surface area contributed by atoms with Gasteiger partial charge in [0.15, 0.2) is 0 Å². The summed E-state index contributed by atoms with van der Waals surface area (Å²) in [7, 11) is 0. The van der Waals surface area contributed by atoms with Crippen molar-refractivity contribution in [1.29, 1.82) is 0 Å². The second-order valence-electron chi connectivity index (χ2n) is 3.32. The van der Waals surface area contributed by atoms with E-state index < -0.39 is 0 Å². The molecular weight excluding hydrogens is 198 g/mol. The van der Waals surface area contributed by atoms with Gasteiger partial charge < -0.3 is 0 Å². The van der Waals surface area contributed by atoms with Crippen molar-refractivity contribution in [2.45, 2.75) is 34.1 Å². The Morgan fingerprint density at radius 1 is 1.12 bits per heavy atom. The van der Waals surface area contributed by atoms with Crippen LogP contribution < -0.4 is 0 Å². The van der Waals surface area contributed by atoms with Crippen molar-refractivity contribution < 1.29 is 0 Å². The maximum absolute atomic E-state index is 4.01. The molecule has 86 valence electrons. The molecular formula is C13H19N3. The van der Waals surface area contributed by atoms with Gasteiger partial charge in [-0.25, -0.2) is 4.68 Å². The Balaban J connectivity index is 0.000000606. The van der Waals surface area contributed by atoms with Gasteiger partial charge in [-0.05, 0) is 31.0 Å². The van der Waals surface area contributed by atoms with E-state index >= 15 is 0 Å². The van der Waals surface area contributed by atoms with Gasteiger partial charge >= 0.3 is 0 Å². The lowest BCUT2D eigenvalue weighted by Crippen LogP contribution is -1.94. The Morgan fingerprint density at radius 3 is 2.19 bits per heavy atom. The van der Waals surface area contributed by atoms with Gasteiger partial charge in [-0.15, -0.1) is 5.10 Å². The third-order valence-electron chi connectivity index (χ3n) is 2.22. The van der Waals surface area contributed by atoms with Gasteiger partial charge in [-0.3, -0.25) is 0 Å². The fourth-order valence-corrected chi connectivity index (χ4v) is 1.36. The Morgan fingerprint density at radius 2 is 1.75 bits per heavy atom. The molecule has 0 radical (unpaired) electrons. The zero-order valence-electron chi connectivity index (χ0n) is 10.4. The minimum atomic E-state index is 0.935. The minimum Gasteiger partial charge on any atom is -0.220 e. The summed E-state index contributed by atoms with van der Waals surface area (Å²) in [5.41, 5.74) is 3.33. The van der Waals surface area contributed by atoms with Crippen LogP contribution in [0.2, 0.25) is 0 Å². The van der Waals surface area contributed by atoms with E-state index in [1.54, 1.807) is 4.68 Å². The monoisotopic (exact) mass is 217 g/mol. The second-order valence-corrected chi connectivity index (χ2v) is 3.32. The normalized spacial score (nSPS) is 9.50. The number of rotatable bonds is 2. The van der Waals surface area contributed by atoms with Gasteiger partial charge in [0.1, 0.15) is 0 Å². The van der Waals surface area contributed by atoms with Crippen molar-refractivity contribution in [3.8, 4) is 5.69 Å². The highest BCUT2D eigenvalue weighted by molar-refractivity contribution is 5.33. The van der Waals surface area contributed by atoms with Crippen LogP contribution in [0, 0.1) is 6.92 Å². The smallest absolute Gasteiger partial charge is 0.0800 e. The van der Waals surface area contributed by atoms with Crippen LogP contribution in [0.3, 0.4) is 0 Å². The largest absolute Gasteiger partial charge is 0.220 e. The fraction of sp³-hybridized carbons (Fsp3) is 0.385. The van der Waals surface area contributed by atoms with E-state index in [2.05, 4.69) is 41.5 Å². The Bertz CT molecular complexity index is 415. The van der Waals surface area contributed by atoms with Crippen molar-refractivity contribution in [1.82, 2.24) is 15.0 Å². The summed E-state index contributed by atoms with van der Waals surface area (Å²) >= 11 is 0. The van der Waals surface area contributed by atoms with Crippen molar-refractivity contribution in [2.24, 2.45) is 0 Å². The van der Waals surface area contributed by atoms with Gasteiger partial charge in [-0.1, -0.05) is 38.1 Å². The number of benzene rings is 1. The second kappa shape index (κ2) is 6.05. The molecule has 0 aliphatic carbocycles. The molecule has 0 aliphatic heterocycles. The quantitative estimate of drug-likeness (QED) is 0.773. The van der Waals surface area contributed by atoms with Crippen molar-refractivity contribution in [3.63, 3.8) is 0 Å². The zero-order chi connectivity index (χ0) is 12.0. The van der Waals surface area contributed by atoms with Gasteiger partial charge in [0, 0.05) is 0 Å². The van der Waals surface area contributed by atoms with E-state index in [4.69, 9.17) is 0 Å². The van der Waals surface area contributed by atoms with Gasteiger partial charge in [0.05, 0.1) is 17.6 Å². The molecule has 0 fully saturated rings. The van der Waals surface area contributed by atoms with E-state index in [0.717, 1.165) is 17.8 Å². The lowest BCUT2D eigenvalue weighted by Gasteiger charge is -2.00. The van der Waals surface area contributed by atoms with Crippen molar-refractivity contribution in [2.75, 3.05) is 0 Å². The van der Waals surface area contributed by atoms with Crippen LogP contribution >= 0.6 is 0 Å². The zero-order valence-corrected chi connectivity index (χ0v) is 10.4. The van der Waals surface area contributed by atoms with E-state index in [-0.39, 0.29) is 0 Å². The summed E-state index contributed by atoms with van der Waals surface area (Å²) in [6.07, 6.45) is 2.98. The molecule has 0 bridgehead atoms. The molecule has 0 N–H and O–H groups in total. The Hall–Kier alpha value is -1.64. The summed E-state index contributed by atoms with van der Waals surface area (Å²) in [5.74, 6) is 0. The summed E-state index contributed by atoms with van der Waals surface area (Å²) in [6.45, 7) is 8.08. The SMILES string of the molecule is CC.CCc1ccc(-n2cc(C)nn2)cc1. The molecule has 3 nitrogen and oxygen atoms in total. The maximum atomic E-state index is 4.01. The van der Waals surface area contributed by atoms with Crippen LogP contribution in [0.15, 0.2) is 30.5 Å². The fourth-order valence-electron chi connectivity index (χ4n) is 1.36. The van der Waals surface area contributed by atoms with Crippen LogP contribution in [0.5, 0.6) is 0 Å². The standard InChI is InChI=1S/C11H13N3.C2H6/c1-3-10-4-6-11(7-5-10)14-8-9(2)12-13-14;1-2/h4-8H,3H2,1-2H3;1-2H3. The van der Waals surface area contributed by atoms with Crippen LogP contribution in [-0.4, -0.2) is 15.0 Å². The number of nitrogens with zero attached hydrogens (tertiary/aromatic N) is 3. The first-order valence-corrected chi connectivity index (χ1v) is 5.78. The topological polar surface area (TPSA) is 30.7 Å². The van der Waals surface area contributed by atoms with E-state index in [9.17, 15) is 0 Å². The highest BCUT2D eigenvalue weighted by Gasteiger charge is 1.98. The third-order valence-corrected chi connectivity index (χ3v) is 2.22. The third kappa shape index (κ3) is 2.92. The molecule has 1 heterocycles. The summed E-state index contributed by atoms with van der Waals surface area (Å²) < 4.78 is 1.79. The molecule has 0 amide bonds. The van der Waals surface area contributed by atoms with Crippen LogP contribution in [-0.2, 0) is 6.42 Å². The molecule has 2 rings (SSSR count). The van der Waals surface area contributed by atoms with Crippen LogP contribution in [0.25, 0.3) is 5.69 Å². The molecule has 0 unspecified atom stereocenters. The van der Waals surface area contributed by atoms with E-state index in [0.29, 0.717) is 0 Å². The van der Waals surface area contributed by atoms with Crippen molar-refractivity contribution in [3.05, 3.63) is 41.7 Å². The van der Waals surface area contributed by atoms with Gasteiger partial charge in [-0.2, -0.15) is 0 Å². The Labute approximate surface area is 97.1 Å². The predicted octanol–water partition coefficient (Wildman–Crippen LogP) is 3.16. The molecule has 0 atom stereocenters. The molecule has 1 aromatic heterocycles. The predicted molar refractivity (Wildman–Crippen MR) is 66.8 cm³/mol. The molecule has 1 aromatic carbocycles. The average molecular weight is 217 g/mol. The number of hydrogen-bond acceptors (Lipinski definition) is 2. The van der Waals surface area contributed by atoms with E-state index in [1.807, 2.05) is 27.0 Å². The highest BCUT2D eigenvalue weighted by atomic mass is 15.4. The molecule has 0 saturated carbocycles. The first-order valence-electron chi connectivity index (χ1n) is 5.78. The summed E-state index contributed by atoms with van der Waals surface area (Å²) in [6, 6.07) is 8.36. The number of aryl methyl sites for hydroxylation is 2. The molecule has 0 spiro atoms. The number of hydrogen-bond donors (Lipinski definition) is 0. The summed E-state index contributed by atoms with van der Waals surface area (Å²) in [5, 5.41) is 7.96. The minimum absolute atomic E-state index is 0.935. The van der Waals surface area contributed by atoms with Crippen LogP contribution in [0.4, 0.5) is 0 Å². The first-order chi connectivity index (χ1) is 7.79. The lowest BCUT2D eigenvalue weighted by molar-refractivity contribution is 0.800.